The minimum Gasteiger partial charge on any atom is -0.299 e. The minimum absolute atomic E-state index is 0.106. The number of Topliss-reactive ketones (excluding diaryl/α,β-unsaturated/α-hetero) is 1. The van der Waals surface area contributed by atoms with E-state index in [1.165, 1.54) is 0 Å². The quantitative estimate of drug-likeness (QED) is 0.595. The lowest BCUT2D eigenvalue weighted by atomic mass is 9.73. The molecule has 0 spiro atoms. The summed E-state index contributed by atoms with van der Waals surface area (Å²) in [5.74, 6) is 0.851. The van der Waals surface area contributed by atoms with Crippen molar-refractivity contribution in [2.75, 3.05) is 0 Å². The van der Waals surface area contributed by atoms with Crippen LogP contribution in [-0.2, 0) is 4.79 Å². The Hall–Kier alpha value is -0.590. The number of hydrogen-bond acceptors (Lipinski definition) is 1. The molecule has 1 atom stereocenters. The monoisotopic (exact) mass is 182 g/mol. The van der Waals surface area contributed by atoms with Gasteiger partial charge in [-0.1, -0.05) is 40.7 Å². The van der Waals surface area contributed by atoms with Crippen LogP contribution in [0.25, 0.3) is 0 Å². The lowest BCUT2D eigenvalue weighted by Crippen LogP contribution is -2.34. The van der Waals surface area contributed by atoms with E-state index < -0.39 is 0 Å². The molecule has 76 valence electrons. The molecule has 1 unspecified atom stereocenters. The van der Waals surface area contributed by atoms with Crippen molar-refractivity contribution >= 4 is 5.78 Å². The molecule has 0 bridgehead atoms. The highest BCUT2D eigenvalue weighted by molar-refractivity contribution is 5.86. The third kappa shape index (κ3) is 2.98. The van der Waals surface area contributed by atoms with Crippen LogP contribution in [0.15, 0.2) is 12.7 Å². The van der Waals surface area contributed by atoms with Gasteiger partial charge in [-0.25, -0.2) is 0 Å². The molecular weight excluding hydrogens is 160 g/mol. The van der Waals surface area contributed by atoms with Gasteiger partial charge in [-0.15, -0.1) is 6.58 Å². The van der Waals surface area contributed by atoms with Crippen LogP contribution in [-0.4, -0.2) is 5.78 Å². The second-order valence-corrected chi connectivity index (χ2v) is 4.67. The van der Waals surface area contributed by atoms with Crippen molar-refractivity contribution in [1.29, 1.82) is 0 Å². The van der Waals surface area contributed by atoms with Crippen LogP contribution in [0.1, 0.15) is 41.0 Å². The summed E-state index contributed by atoms with van der Waals surface area (Å²) in [6.45, 7) is 13.9. The van der Waals surface area contributed by atoms with E-state index in [2.05, 4.69) is 20.4 Å². The molecule has 0 aliphatic heterocycles. The molecule has 0 aromatic rings. The lowest BCUT2D eigenvalue weighted by Gasteiger charge is -2.30. The van der Waals surface area contributed by atoms with Crippen molar-refractivity contribution in [2.24, 2.45) is 17.3 Å². The SMILES string of the molecule is C=CCC(C)C(=O)C(C)(C)C(C)C. The molecule has 0 rings (SSSR count). The number of ketones is 1. The highest BCUT2D eigenvalue weighted by Gasteiger charge is 2.33. The topological polar surface area (TPSA) is 17.1 Å². The van der Waals surface area contributed by atoms with Crippen LogP contribution in [0, 0.1) is 17.3 Å². The summed E-state index contributed by atoms with van der Waals surface area (Å²) in [5.41, 5.74) is -0.206. The van der Waals surface area contributed by atoms with Gasteiger partial charge in [0.1, 0.15) is 5.78 Å². The molecule has 1 nitrogen and oxygen atoms in total. The maximum absolute atomic E-state index is 11.9. The maximum Gasteiger partial charge on any atom is 0.141 e. The van der Waals surface area contributed by atoms with E-state index in [1.54, 1.807) is 0 Å². The number of rotatable bonds is 5. The Morgan fingerprint density at radius 1 is 1.38 bits per heavy atom. The van der Waals surface area contributed by atoms with Gasteiger partial charge in [0, 0.05) is 11.3 Å². The Bertz CT molecular complexity index is 189. The van der Waals surface area contributed by atoms with E-state index >= 15 is 0 Å². The summed E-state index contributed by atoms with van der Waals surface area (Å²) < 4.78 is 0. The smallest absolute Gasteiger partial charge is 0.141 e. The molecule has 0 aliphatic carbocycles. The second-order valence-electron chi connectivity index (χ2n) is 4.67. The number of carbonyl (C=O) groups is 1. The first-order valence-electron chi connectivity index (χ1n) is 4.99. The summed E-state index contributed by atoms with van der Waals surface area (Å²) in [7, 11) is 0. The van der Waals surface area contributed by atoms with E-state index in [4.69, 9.17) is 0 Å². The summed E-state index contributed by atoms with van der Waals surface area (Å²) in [4.78, 5) is 11.9. The first-order valence-corrected chi connectivity index (χ1v) is 4.99. The molecule has 0 radical (unpaired) electrons. The molecule has 13 heavy (non-hydrogen) atoms. The normalized spacial score (nSPS) is 14.3. The van der Waals surface area contributed by atoms with Gasteiger partial charge in [-0.05, 0) is 12.3 Å². The molecule has 0 amide bonds. The van der Waals surface area contributed by atoms with Crippen molar-refractivity contribution in [2.45, 2.75) is 41.0 Å². The third-order valence-electron chi connectivity index (χ3n) is 3.05. The van der Waals surface area contributed by atoms with Crippen LogP contribution in [0.5, 0.6) is 0 Å². The summed E-state index contributed by atoms with van der Waals surface area (Å²) in [6, 6.07) is 0. The van der Waals surface area contributed by atoms with E-state index in [0.29, 0.717) is 11.7 Å². The average molecular weight is 182 g/mol. The molecule has 1 heteroatoms. The zero-order valence-corrected chi connectivity index (χ0v) is 9.55. The van der Waals surface area contributed by atoms with Gasteiger partial charge in [-0.2, -0.15) is 0 Å². The van der Waals surface area contributed by atoms with Crippen LogP contribution in [0.2, 0.25) is 0 Å². The van der Waals surface area contributed by atoms with Crippen molar-refractivity contribution in [1.82, 2.24) is 0 Å². The van der Waals surface area contributed by atoms with Crippen LogP contribution in [0.3, 0.4) is 0 Å². The predicted molar refractivity (Wildman–Crippen MR) is 57.6 cm³/mol. The zero-order valence-electron chi connectivity index (χ0n) is 9.55. The van der Waals surface area contributed by atoms with Gasteiger partial charge in [0.05, 0.1) is 0 Å². The first kappa shape index (κ1) is 12.4. The largest absolute Gasteiger partial charge is 0.299 e. The Morgan fingerprint density at radius 3 is 2.15 bits per heavy atom. The van der Waals surface area contributed by atoms with E-state index in [0.717, 1.165) is 6.42 Å². The Labute approximate surface area is 82.2 Å². The first-order chi connectivity index (χ1) is 5.84. The predicted octanol–water partition coefficient (Wildman–Crippen LogP) is 3.45. The highest BCUT2D eigenvalue weighted by Crippen LogP contribution is 2.31. The van der Waals surface area contributed by atoms with Crippen LogP contribution >= 0.6 is 0 Å². The fourth-order valence-electron chi connectivity index (χ4n) is 1.28. The highest BCUT2D eigenvalue weighted by atomic mass is 16.1. The van der Waals surface area contributed by atoms with Crippen molar-refractivity contribution in [3.63, 3.8) is 0 Å². The summed E-state index contributed by atoms with van der Waals surface area (Å²) in [6.07, 6.45) is 2.61. The van der Waals surface area contributed by atoms with Gasteiger partial charge >= 0.3 is 0 Å². The average Bonchev–Trinajstić information content (AvgIpc) is 2.03. The number of carbonyl (C=O) groups excluding carboxylic acids is 1. The Balaban J connectivity index is 4.48. The van der Waals surface area contributed by atoms with Crippen molar-refractivity contribution in [3.8, 4) is 0 Å². The van der Waals surface area contributed by atoms with Gasteiger partial charge in [0.2, 0.25) is 0 Å². The Morgan fingerprint density at radius 2 is 1.85 bits per heavy atom. The van der Waals surface area contributed by atoms with Gasteiger partial charge in [-0.3, -0.25) is 4.79 Å². The molecule has 0 saturated heterocycles. The van der Waals surface area contributed by atoms with Crippen molar-refractivity contribution < 1.29 is 4.79 Å². The summed E-state index contributed by atoms with van der Waals surface area (Å²) in [5, 5.41) is 0. The molecule has 0 aromatic carbocycles. The van der Waals surface area contributed by atoms with Gasteiger partial charge in [0.15, 0.2) is 0 Å². The number of allylic oxidation sites excluding steroid dienone is 1. The van der Waals surface area contributed by atoms with E-state index in [9.17, 15) is 4.79 Å². The standard InChI is InChI=1S/C12H22O/c1-7-8-10(4)11(13)12(5,6)9(2)3/h7,9-10H,1,8H2,2-6H3. The lowest BCUT2D eigenvalue weighted by molar-refractivity contribution is -0.132. The van der Waals surface area contributed by atoms with Crippen LogP contribution in [0.4, 0.5) is 0 Å². The molecule has 0 N–H and O–H groups in total. The van der Waals surface area contributed by atoms with Gasteiger partial charge in [0.25, 0.3) is 0 Å². The molecule has 0 saturated carbocycles. The van der Waals surface area contributed by atoms with Gasteiger partial charge < -0.3 is 0 Å². The second kappa shape index (κ2) is 4.59. The molecule has 0 aromatic heterocycles. The molecular formula is C12H22O. The molecule has 0 heterocycles. The zero-order chi connectivity index (χ0) is 10.6. The van der Waals surface area contributed by atoms with E-state index in [1.807, 2.05) is 26.8 Å². The number of hydrogen-bond donors (Lipinski definition) is 0. The maximum atomic E-state index is 11.9. The minimum atomic E-state index is -0.206. The van der Waals surface area contributed by atoms with E-state index in [-0.39, 0.29) is 11.3 Å². The van der Waals surface area contributed by atoms with Crippen molar-refractivity contribution in [3.05, 3.63) is 12.7 Å². The Kier molecular flexibility index (Phi) is 4.38. The third-order valence-corrected chi connectivity index (χ3v) is 3.05. The fourth-order valence-corrected chi connectivity index (χ4v) is 1.28. The summed E-state index contributed by atoms with van der Waals surface area (Å²) >= 11 is 0. The fraction of sp³-hybridized carbons (Fsp3) is 0.750. The molecule has 0 aliphatic rings. The molecule has 0 fully saturated rings. The van der Waals surface area contributed by atoms with Crippen LogP contribution < -0.4 is 0 Å².